The minimum Gasteiger partial charge on any atom is -0.870 e. The van der Waals surface area contributed by atoms with Gasteiger partial charge in [-0.1, -0.05) is 66.7 Å². The van der Waals surface area contributed by atoms with Crippen molar-refractivity contribution in [3.05, 3.63) is 235 Å². The number of aromatic nitrogens is 6. The van der Waals surface area contributed by atoms with E-state index in [0.717, 1.165) is 71.5 Å². The van der Waals surface area contributed by atoms with E-state index in [0.29, 0.717) is 22.6 Å². The van der Waals surface area contributed by atoms with Crippen LogP contribution in [0.25, 0.3) is 87.7 Å². The van der Waals surface area contributed by atoms with Crippen molar-refractivity contribution < 1.29 is 59.0 Å². The summed E-state index contributed by atoms with van der Waals surface area (Å²) in [4.78, 5) is 63.5. The molecule has 0 bridgehead atoms. The number of aryl methyl sites for hydroxylation is 4. The number of carbonyl (C=O) groups is 2. The summed E-state index contributed by atoms with van der Waals surface area (Å²) >= 11 is 0. The molecule has 0 amide bonds. The number of hydrogen-bond donors (Lipinski definition) is 2. The Balaban J connectivity index is 0.000000162. The Kier molecular flexibility index (Phi) is 17.6. The summed E-state index contributed by atoms with van der Waals surface area (Å²) < 4.78 is 20.3. The average molecular weight is 1110 g/mol. The molecule has 0 radical (unpaired) electrons. The van der Waals surface area contributed by atoms with Gasteiger partial charge >= 0.3 is 41.5 Å². The van der Waals surface area contributed by atoms with Gasteiger partial charge in [0.1, 0.15) is 0 Å². The molecule has 0 atom stereocenters. The number of aromatic carboxylic acids is 2. The Hall–Kier alpha value is -8.31. The van der Waals surface area contributed by atoms with Gasteiger partial charge in [-0.25, -0.2) is 18.6 Å². The molecule has 0 saturated carbocycles. The number of pyridine rings is 3. The predicted octanol–water partition coefficient (Wildman–Crippen LogP) is 8.57. The van der Waals surface area contributed by atoms with Gasteiger partial charge in [0.2, 0.25) is 9.23 Å². The summed E-state index contributed by atoms with van der Waals surface area (Å²) in [5, 5.41) is 21.1. The second kappa shape index (κ2) is 23.9. The number of nitrogens with zero attached hydrogens (tertiary/aromatic N) is 7. The molecule has 0 spiro atoms. The van der Waals surface area contributed by atoms with Crippen LogP contribution in [0.1, 0.15) is 26.3 Å². The maximum Gasteiger partial charge on any atom is 1.00 e. The monoisotopic (exact) mass is 1110 g/mol. The van der Waals surface area contributed by atoms with E-state index in [-0.39, 0.29) is 62.8 Å². The van der Waals surface area contributed by atoms with E-state index in [1.165, 1.54) is 30.3 Å². The van der Waals surface area contributed by atoms with Crippen LogP contribution in [0.15, 0.2) is 190 Å². The van der Waals surface area contributed by atoms with Crippen LogP contribution in [0, 0.1) is 13.5 Å². The third-order valence-electron chi connectivity index (χ3n) is 13.1. The zero-order chi connectivity index (χ0) is 54.1. The molecule has 386 valence electrons. The first-order valence-electron chi connectivity index (χ1n) is 23.2. The van der Waals surface area contributed by atoms with E-state index < -0.39 is 21.2 Å². The Labute approximate surface area is 477 Å². The Morgan fingerprint density at radius 2 is 0.808 bits per heavy atom. The topological polar surface area (TPSA) is 207 Å². The van der Waals surface area contributed by atoms with Crippen LogP contribution in [-0.2, 0) is 30.4 Å². The molecule has 3 N–H and O–H groups in total. The van der Waals surface area contributed by atoms with Gasteiger partial charge in [-0.05, 0) is 104 Å². The summed E-state index contributed by atoms with van der Waals surface area (Å²) in [6.45, 7) is 8.85. The fraction of sp³-hybridized carbons (Fsp3) is 0.0690. The van der Waals surface area contributed by atoms with Crippen molar-refractivity contribution in [3.8, 4) is 17.1 Å². The van der Waals surface area contributed by atoms with E-state index in [4.69, 9.17) is 21.0 Å². The number of carboxylic acid groups (broad SMARTS) is 2. The standard InChI is InChI=1S/C20H16N2O3.C19H13N3O.C19H14N2O3.Cl2OS.Na.H2O/c1-12-11-17-18(15-5-3-4-6-16(15)21(17)2)22(19(12)23)14-9-7-13(8-10-14)20(24)25;1-20-13-7-9-14(10-8-13)22-18(23)12-11-17-19(22)15-5-3-4-6-16(15)21(17)2;1-20-15-5-3-2-4-14(15)18-16(20)10-11-17(22)21(18)13-8-6-12(7-9-13)19(23)24;1-4(2)3;;/h3-11H,1-2H3,(H,24,25);3-12H,2H3;2-11H,1H3,(H,23,24);;;1H2/q;;;;+1;/p-1. The van der Waals surface area contributed by atoms with Gasteiger partial charge in [0.15, 0.2) is 5.69 Å². The minimum atomic E-state index is -1.67. The van der Waals surface area contributed by atoms with E-state index in [9.17, 15) is 24.0 Å². The predicted molar refractivity (Wildman–Crippen MR) is 305 cm³/mol. The summed E-state index contributed by atoms with van der Waals surface area (Å²) in [6, 6.07) is 52.4. The maximum atomic E-state index is 12.9. The van der Waals surface area contributed by atoms with Crippen LogP contribution < -0.4 is 46.2 Å². The van der Waals surface area contributed by atoms with Crippen molar-refractivity contribution in [1.29, 1.82) is 0 Å². The van der Waals surface area contributed by atoms with Crippen molar-refractivity contribution in [2.75, 3.05) is 0 Å². The fourth-order valence-corrected chi connectivity index (χ4v) is 9.59. The molecule has 6 heterocycles. The van der Waals surface area contributed by atoms with Gasteiger partial charge in [-0.3, -0.25) is 28.1 Å². The van der Waals surface area contributed by atoms with Crippen LogP contribution in [0.2, 0.25) is 0 Å². The molecule has 6 aromatic heterocycles. The van der Waals surface area contributed by atoms with Gasteiger partial charge in [0.25, 0.3) is 16.7 Å². The number of hydrogen-bond acceptors (Lipinski definition) is 7. The quantitative estimate of drug-likeness (QED) is 0.0960. The van der Waals surface area contributed by atoms with Crippen LogP contribution in [-0.4, -0.2) is 59.2 Å². The molecule has 0 aliphatic carbocycles. The van der Waals surface area contributed by atoms with Crippen molar-refractivity contribution >= 4 is 114 Å². The number of fused-ring (bicyclic) bond motifs is 9. The number of benzene rings is 6. The molecule has 0 fully saturated rings. The maximum absolute atomic E-state index is 12.9. The zero-order valence-corrected chi connectivity index (χ0v) is 46.7. The van der Waals surface area contributed by atoms with Crippen LogP contribution in [0.4, 0.5) is 5.69 Å². The first-order chi connectivity index (χ1) is 36.5. The third-order valence-corrected chi connectivity index (χ3v) is 13.1. The smallest absolute Gasteiger partial charge is 0.870 e. The van der Waals surface area contributed by atoms with Crippen molar-refractivity contribution in [3.63, 3.8) is 0 Å². The van der Waals surface area contributed by atoms with Crippen molar-refractivity contribution in [2.24, 2.45) is 21.1 Å². The molecule has 16 nitrogen and oxygen atoms in total. The van der Waals surface area contributed by atoms with E-state index >= 15 is 0 Å². The third kappa shape index (κ3) is 10.8. The molecule has 20 heteroatoms. The molecule has 0 saturated heterocycles. The van der Waals surface area contributed by atoms with E-state index in [1.54, 1.807) is 63.1 Å². The molecular weight excluding hydrogens is 1060 g/mol. The van der Waals surface area contributed by atoms with Gasteiger partial charge in [0.05, 0.1) is 67.3 Å². The molecule has 0 aliphatic rings. The Bertz CT molecular complexity index is 4530. The second-order valence-corrected chi connectivity index (χ2v) is 20.0. The van der Waals surface area contributed by atoms with Crippen LogP contribution >= 0.6 is 21.4 Å². The molecule has 0 aliphatic heterocycles. The SMILES string of the molecule is Cc1cc2c(c3ccccc3n2C)n(-c2ccc(C(=O)O)cc2)c1=O.Cn1c2ccccc2c2c1ccc(=O)n2-c1ccc(C(=O)O)cc1.O=S(Cl)Cl.[C-]#[N+]c1ccc(-n2c(=O)ccc3c2c2ccccc2n3C)cc1.[Na+].[OH-]. The normalized spacial score (nSPS) is 10.7. The molecular formula is C58H44Cl2N7NaO9S. The molecule has 78 heavy (non-hydrogen) atoms. The molecule has 0 unspecified atom stereocenters. The van der Waals surface area contributed by atoms with E-state index in [1.807, 2.05) is 129 Å². The number of rotatable bonds is 5. The fourth-order valence-electron chi connectivity index (χ4n) is 9.59. The minimum absolute atomic E-state index is 0. The molecule has 12 aromatic rings. The van der Waals surface area contributed by atoms with Crippen molar-refractivity contribution in [2.45, 2.75) is 6.92 Å². The largest absolute Gasteiger partial charge is 1.00 e. The van der Waals surface area contributed by atoms with Gasteiger partial charge < -0.3 is 29.4 Å². The second-order valence-electron chi connectivity index (χ2n) is 17.4. The van der Waals surface area contributed by atoms with Crippen LogP contribution in [0.5, 0.6) is 0 Å². The van der Waals surface area contributed by atoms with E-state index in [2.05, 4.69) is 35.3 Å². The number of carboxylic acids is 2. The first kappa shape index (κ1) is 57.4. The summed E-state index contributed by atoms with van der Waals surface area (Å²) in [5.74, 6) is -1.98. The Morgan fingerprint density at radius 1 is 0.487 bits per heavy atom. The molecule has 12 rings (SSSR count). The van der Waals surface area contributed by atoms with Gasteiger partial charge in [-0.15, -0.1) is 0 Å². The average Bonchev–Trinajstić information content (AvgIpc) is 4.22. The number of halogens is 2. The zero-order valence-electron chi connectivity index (χ0n) is 42.3. The van der Waals surface area contributed by atoms with Gasteiger partial charge in [0, 0.05) is 93.4 Å². The Morgan fingerprint density at radius 3 is 1.17 bits per heavy atom. The number of para-hydroxylation sites is 3. The molecule has 6 aromatic carbocycles. The summed E-state index contributed by atoms with van der Waals surface area (Å²) in [7, 11) is 13.3. The van der Waals surface area contributed by atoms with Crippen LogP contribution in [0.3, 0.4) is 0 Å². The summed E-state index contributed by atoms with van der Waals surface area (Å²) in [5.41, 5.74) is 11.9. The summed E-state index contributed by atoms with van der Waals surface area (Å²) in [6.07, 6.45) is 0. The van der Waals surface area contributed by atoms with Gasteiger partial charge in [-0.2, -0.15) is 0 Å². The first-order valence-corrected chi connectivity index (χ1v) is 26.0. The van der Waals surface area contributed by atoms with Crippen molar-refractivity contribution in [1.82, 2.24) is 27.4 Å².